The highest BCUT2D eigenvalue weighted by atomic mass is 35.5. The zero-order chi connectivity index (χ0) is 23.6. The van der Waals surface area contributed by atoms with E-state index in [4.69, 9.17) is 16.3 Å². The fourth-order valence-electron chi connectivity index (χ4n) is 4.48. The van der Waals surface area contributed by atoms with Gasteiger partial charge in [0, 0.05) is 54.7 Å². The van der Waals surface area contributed by atoms with Gasteiger partial charge in [-0.05, 0) is 70.9 Å². The van der Waals surface area contributed by atoms with Crippen molar-refractivity contribution < 1.29 is 9.53 Å². The Morgan fingerprint density at radius 1 is 1.25 bits per heavy atom. The molecule has 1 atom stereocenters. The largest absolute Gasteiger partial charge is 0.495 e. The van der Waals surface area contributed by atoms with E-state index in [1.807, 2.05) is 19.9 Å². The van der Waals surface area contributed by atoms with Gasteiger partial charge in [0.05, 0.1) is 18.4 Å². The van der Waals surface area contributed by atoms with Gasteiger partial charge in [0.1, 0.15) is 5.75 Å². The predicted molar refractivity (Wildman–Crippen MR) is 131 cm³/mol. The van der Waals surface area contributed by atoms with Crippen LogP contribution in [0.15, 0.2) is 24.4 Å². The van der Waals surface area contributed by atoms with E-state index in [0.29, 0.717) is 22.4 Å². The van der Waals surface area contributed by atoms with E-state index in [1.54, 1.807) is 25.4 Å². The standard InChI is InChI=1S/C25H35ClN4O2/c1-16-14-29(8-9-30(16)25(4,5)6)15-20-10-21(26)12-22(17(20)2)28-24(31)19-11-23(32-7)18(3)27-13-19/h10-13,16H,8-9,14-15H2,1-7H3,(H,28,31)/t16-/m0/s1. The van der Waals surface area contributed by atoms with Crippen LogP contribution >= 0.6 is 11.6 Å². The lowest BCUT2D eigenvalue weighted by Gasteiger charge is -2.47. The maximum atomic E-state index is 12.9. The van der Waals surface area contributed by atoms with Gasteiger partial charge in [0.15, 0.2) is 0 Å². The Kier molecular flexibility index (Phi) is 7.48. The van der Waals surface area contributed by atoms with Gasteiger partial charge in [-0.25, -0.2) is 0 Å². The summed E-state index contributed by atoms with van der Waals surface area (Å²) in [6.45, 7) is 16.8. The van der Waals surface area contributed by atoms with E-state index in [1.165, 1.54) is 0 Å². The molecular formula is C25H35ClN4O2. The first-order chi connectivity index (χ1) is 15.0. The summed E-state index contributed by atoms with van der Waals surface area (Å²) >= 11 is 6.44. The van der Waals surface area contributed by atoms with Gasteiger partial charge in [-0.15, -0.1) is 0 Å². The molecule has 0 unspecified atom stereocenters. The topological polar surface area (TPSA) is 57.7 Å². The third kappa shape index (κ3) is 5.61. The van der Waals surface area contributed by atoms with Crippen LogP contribution in [0.1, 0.15) is 54.9 Å². The van der Waals surface area contributed by atoms with Gasteiger partial charge in [-0.1, -0.05) is 11.6 Å². The molecule has 1 N–H and O–H groups in total. The first-order valence-electron chi connectivity index (χ1n) is 11.1. The Labute approximate surface area is 196 Å². The van der Waals surface area contributed by atoms with Crippen molar-refractivity contribution in [1.82, 2.24) is 14.8 Å². The number of hydrogen-bond donors (Lipinski definition) is 1. The number of methoxy groups -OCH3 is 1. The second-order valence-corrected chi connectivity index (χ2v) is 10.1. The van der Waals surface area contributed by atoms with Crippen LogP contribution in [-0.2, 0) is 6.54 Å². The van der Waals surface area contributed by atoms with E-state index in [-0.39, 0.29) is 11.4 Å². The Morgan fingerprint density at radius 2 is 1.97 bits per heavy atom. The van der Waals surface area contributed by atoms with Gasteiger partial charge in [-0.3, -0.25) is 19.6 Å². The smallest absolute Gasteiger partial charge is 0.257 e. The third-order valence-corrected chi connectivity index (χ3v) is 6.44. The maximum Gasteiger partial charge on any atom is 0.257 e. The number of benzene rings is 1. The number of nitrogens with one attached hydrogen (secondary N) is 1. The number of anilines is 1. The molecule has 0 radical (unpaired) electrons. The fourth-order valence-corrected chi connectivity index (χ4v) is 4.72. The molecule has 3 rings (SSSR count). The van der Waals surface area contributed by atoms with Crippen LogP contribution in [0.4, 0.5) is 5.69 Å². The van der Waals surface area contributed by atoms with E-state index < -0.39 is 0 Å². The van der Waals surface area contributed by atoms with Crippen molar-refractivity contribution in [2.24, 2.45) is 0 Å². The van der Waals surface area contributed by atoms with Gasteiger partial charge < -0.3 is 10.1 Å². The summed E-state index contributed by atoms with van der Waals surface area (Å²) in [4.78, 5) is 22.1. The van der Waals surface area contributed by atoms with E-state index in [9.17, 15) is 4.79 Å². The predicted octanol–water partition coefficient (Wildman–Crippen LogP) is 4.92. The molecule has 2 aromatic rings. The monoisotopic (exact) mass is 458 g/mol. The van der Waals surface area contributed by atoms with Crippen LogP contribution in [0.25, 0.3) is 0 Å². The zero-order valence-corrected chi connectivity index (χ0v) is 21.0. The first kappa shape index (κ1) is 24.5. The number of nitrogens with zero attached hydrogens (tertiary/aromatic N) is 3. The molecule has 6 nitrogen and oxygen atoms in total. The van der Waals surface area contributed by atoms with Gasteiger partial charge >= 0.3 is 0 Å². The average Bonchev–Trinajstić information content (AvgIpc) is 2.70. The quantitative estimate of drug-likeness (QED) is 0.689. The number of hydrogen-bond acceptors (Lipinski definition) is 5. The lowest BCUT2D eigenvalue weighted by Crippen LogP contribution is -2.57. The molecule has 1 aromatic carbocycles. The highest BCUT2D eigenvalue weighted by Gasteiger charge is 2.31. The van der Waals surface area contributed by atoms with Crippen LogP contribution in [-0.4, -0.2) is 59.0 Å². The number of piperazine rings is 1. The van der Waals surface area contributed by atoms with Crippen LogP contribution in [0, 0.1) is 13.8 Å². The normalized spacial score (nSPS) is 17.9. The molecule has 1 aliphatic rings. The zero-order valence-electron chi connectivity index (χ0n) is 20.3. The minimum absolute atomic E-state index is 0.169. The second-order valence-electron chi connectivity index (χ2n) is 9.65. The molecule has 1 aliphatic heterocycles. The minimum atomic E-state index is -0.237. The van der Waals surface area contributed by atoms with Crippen LogP contribution in [0.5, 0.6) is 5.75 Å². The maximum absolute atomic E-state index is 12.9. The number of carbonyl (C=O) groups is 1. The van der Waals surface area contributed by atoms with Gasteiger partial charge in [0.25, 0.3) is 5.91 Å². The number of aryl methyl sites for hydroxylation is 1. The van der Waals surface area contributed by atoms with Gasteiger partial charge in [0.2, 0.25) is 0 Å². The number of aromatic nitrogens is 1. The van der Waals surface area contributed by atoms with E-state index >= 15 is 0 Å². The number of carbonyl (C=O) groups excluding carboxylic acids is 1. The molecule has 7 heteroatoms. The van der Waals surface area contributed by atoms with Crippen molar-refractivity contribution in [3.8, 4) is 5.75 Å². The SMILES string of the molecule is COc1cc(C(=O)Nc2cc(Cl)cc(CN3CCN(C(C)(C)C)[C@@H](C)C3)c2C)cnc1C. The van der Waals surface area contributed by atoms with E-state index in [2.05, 4.69) is 47.8 Å². The highest BCUT2D eigenvalue weighted by Crippen LogP contribution is 2.28. The first-order valence-corrected chi connectivity index (χ1v) is 11.5. The lowest BCUT2D eigenvalue weighted by molar-refractivity contribution is 0.0151. The second kappa shape index (κ2) is 9.77. The molecule has 0 bridgehead atoms. The Bertz CT molecular complexity index is 987. The molecule has 1 amide bonds. The molecular weight excluding hydrogens is 424 g/mol. The summed E-state index contributed by atoms with van der Waals surface area (Å²) in [6, 6.07) is 5.99. The van der Waals surface area contributed by atoms with Gasteiger partial charge in [-0.2, -0.15) is 0 Å². The molecule has 1 fully saturated rings. The average molecular weight is 459 g/mol. The van der Waals surface area contributed by atoms with Crippen molar-refractivity contribution in [2.45, 2.75) is 59.7 Å². The van der Waals surface area contributed by atoms with Crippen LogP contribution in [0.3, 0.4) is 0 Å². The Morgan fingerprint density at radius 3 is 2.59 bits per heavy atom. The highest BCUT2D eigenvalue weighted by molar-refractivity contribution is 6.31. The summed E-state index contributed by atoms with van der Waals surface area (Å²) in [6.07, 6.45) is 1.56. The molecule has 174 valence electrons. The molecule has 2 heterocycles. The number of pyridine rings is 1. The molecule has 0 aliphatic carbocycles. The van der Waals surface area contributed by atoms with Crippen molar-refractivity contribution in [1.29, 1.82) is 0 Å². The number of ether oxygens (including phenoxy) is 1. The summed E-state index contributed by atoms with van der Waals surface area (Å²) in [5.74, 6) is 0.351. The van der Waals surface area contributed by atoms with Crippen molar-refractivity contribution in [3.63, 3.8) is 0 Å². The molecule has 0 spiro atoms. The minimum Gasteiger partial charge on any atom is -0.495 e. The fraction of sp³-hybridized carbons (Fsp3) is 0.520. The molecule has 32 heavy (non-hydrogen) atoms. The van der Waals surface area contributed by atoms with Crippen molar-refractivity contribution in [3.05, 3.63) is 51.8 Å². The number of rotatable bonds is 5. The van der Waals surface area contributed by atoms with Crippen LogP contribution in [0.2, 0.25) is 5.02 Å². The molecule has 1 saturated heterocycles. The summed E-state index contributed by atoms with van der Waals surface area (Å²) < 4.78 is 5.30. The van der Waals surface area contributed by atoms with Crippen molar-refractivity contribution >= 4 is 23.2 Å². The molecule has 0 saturated carbocycles. The molecule has 1 aromatic heterocycles. The number of halogens is 1. The Hall–Kier alpha value is -2.15. The summed E-state index contributed by atoms with van der Waals surface area (Å²) in [7, 11) is 1.57. The van der Waals surface area contributed by atoms with Crippen LogP contribution < -0.4 is 10.1 Å². The Balaban J connectivity index is 1.75. The lowest BCUT2D eigenvalue weighted by atomic mass is 10.00. The summed E-state index contributed by atoms with van der Waals surface area (Å²) in [5, 5.41) is 3.62. The summed E-state index contributed by atoms with van der Waals surface area (Å²) in [5.41, 5.74) is 4.23. The third-order valence-electron chi connectivity index (χ3n) is 6.22. The van der Waals surface area contributed by atoms with Crippen molar-refractivity contribution in [2.75, 3.05) is 32.1 Å². The number of amides is 1. The van der Waals surface area contributed by atoms with E-state index in [0.717, 1.165) is 48.7 Å².